The number of nitrogens with one attached hydrogen (secondary N) is 1. The topological polar surface area (TPSA) is 58.6 Å². The first-order valence-corrected chi connectivity index (χ1v) is 8.61. The van der Waals surface area contributed by atoms with Crippen molar-refractivity contribution in [2.24, 2.45) is 0 Å². The largest absolute Gasteiger partial charge is 0.462 e. The third-order valence-electron chi connectivity index (χ3n) is 3.86. The first-order chi connectivity index (χ1) is 12.5. The first kappa shape index (κ1) is 19.4. The van der Waals surface area contributed by atoms with Crippen molar-refractivity contribution in [1.82, 2.24) is 0 Å². The van der Waals surface area contributed by atoms with Gasteiger partial charge in [-0.1, -0.05) is 18.2 Å². The van der Waals surface area contributed by atoms with E-state index < -0.39 is 5.82 Å². The minimum atomic E-state index is -0.463. The van der Waals surface area contributed by atoms with Crippen molar-refractivity contribution in [3.63, 3.8) is 0 Å². The maximum absolute atomic E-state index is 13.6. The summed E-state index contributed by atoms with van der Waals surface area (Å²) >= 11 is 0. The molecule has 138 valence electrons. The molecule has 0 aliphatic rings. The molecule has 1 N–H and O–H groups in total. The molecule has 2 aromatic carbocycles. The van der Waals surface area contributed by atoms with Gasteiger partial charge in [-0.2, -0.15) is 0 Å². The summed E-state index contributed by atoms with van der Waals surface area (Å²) < 4.78 is 18.6. The first-order valence-electron chi connectivity index (χ1n) is 8.61. The summed E-state index contributed by atoms with van der Waals surface area (Å²) in [5.74, 6) is -1.10. The van der Waals surface area contributed by atoms with Gasteiger partial charge in [0.05, 0.1) is 17.9 Å². The quantitative estimate of drug-likeness (QED) is 0.728. The number of ether oxygens (including phenoxy) is 1. The van der Waals surface area contributed by atoms with Gasteiger partial charge in [-0.25, -0.2) is 9.18 Å². The number of para-hydroxylation sites is 1. The van der Waals surface area contributed by atoms with Crippen molar-refractivity contribution in [2.75, 3.05) is 29.9 Å². The van der Waals surface area contributed by atoms with Crippen LogP contribution in [0.1, 0.15) is 30.6 Å². The predicted octanol–water partition coefficient (Wildman–Crippen LogP) is 3.86. The number of nitrogens with zero attached hydrogens (tertiary/aromatic N) is 1. The van der Waals surface area contributed by atoms with E-state index in [0.717, 1.165) is 5.69 Å². The van der Waals surface area contributed by atoms with Crippen molar-refractivity contribution in [1.29, 1.82) is 0 Å². The van der Waals surface area contributed by atoms with E-state index in [1.165, 1.54) is 12.1 Å². The van der Waals surface area contributed by atoms with E-state index >= 15 is 0 Å². The van der Waals surface area contributed by atoms with Gasteiger partial charge >= 0.3 is 5.97 Å². The average molecular weight is 358 g/mol. The molecule has 0 fully saturated rings. The lowest BCUT2D eigenvalue weighted by molar-refractivity contribution is -0.116. The second kappa shape index (κ2) is 9.56. The highest BCUT2D eigenvalue weighted by Gasteiger charge is 2.12. The van der Waals surface area contributed by atoms with Crippen LogP contribution in [0.3, 0.4) is 0 Å². The second-order valence-electron chi connectivity index (χ2n) is 5.63. The van der Waals surface area contributed by atoms with E-state index in [1.54, 1.807) is 37.3 Å². The highest BCUT2D eigenvalue weighted by molar-refractivity contribution is 5.92. The molecule has 0 atom stereocenters. The molecule has 0 unspecified atom stereocenters. The van der Waals surface area contributed by atoms with Gasteiger partial charge in [0.25, 0.3) is 0 Å². The number of esters is 1. The normalized spacial score (nSPS) is 10.3. The van der Waals surface area contributed by atoms with E-state index in [0.29, 0.717) is 25.3 Å². The van der Waals surface area contributed by atoms with Crippen LogP contribution in [-0.2, 0) is 9.53 Å². The maximum atomic E-state index is 13.6. The minimum Gasteiger partial charge on any atom is -0.462 e. The van der Waals surface area contributed by atoms with Crippen molar-refractivity contribution in [2.45, 2.75) is 20.3 Å². The van der Waals surface area contributed by atoms with Crippen molar-refractivity contribution in [3.05, 3.63) is 59.9 Å². The zero-order chi connectivity index (χ0) is 18.9. The molecule has 2 aromatic rings. The van der Waals surface area contributed by atoms with E-state index in [2.05, 4.69) is 5.32 Å². The molecule has 0 bridgehead atoms. The molecule has 0 radical (unpaired) electrons. The van der Waals surface area contributed by atoms with Gasteiger partial charge in [-0.05, 0) is 44.2 Å². The molecule has 0 aliphatic heterocycles. The third-order valence-corrected chi connectivity index (χ3v) is 3.86. The molecular weight excluding hydrogens is 335 g/mol. The van der Waals surface area contributed by atoms with Crippen molar-refractivity contribution >= 4 is 23.3 Å². The Labute approximate surface area is 152 Å². The summed E-state index contributed by atoms with van der Waals surface area (Å²) in [5, 5.41) is 2.57. The fourth-order valence-corrected chi connectivity index (χ4v) is 2.53. The zero-order valence-corrected chi connectivity index (χ0v) is 15.0. The monoisotopic (exact) mass is 358 g/mol. The lowest BCUT2D eigenvalue weighted by Gasteiger charge is -2.23. The SMILES string of the molecule is CCOC(=O)c1cccc(N(CC)CCC(=O)Nc2ccccc2F)c1. The number of rotatable bonds is 8. The van der Waals surface area contributed by atoms with E-state index in [4.69, 9.17) is 4.74 Å². The van der Waals surface area contributed by atoms with Gasteiger partial charge in [0, 0.05) is 25.2 Å². The summed E-state index contributed by atoms with van der Waals surface area (Å²) in [6.45, 7) is 5.15. The number of hydrogen-bond acceptors (Lipinski definition) is 4. The van der Waals surface area contributed by atoms with E-state index in [-0.39, 0.29) is 24.0 Å². The van der Waals surface area contributed by atoms with Crippen LogP contribution < -0.4 is 10.2 Å². The molecule has 0 heterocycles. The lowest BCUT2D eigenvalue weighted by Crippen LogP contribution is -2.28. The van der Waals surface area contributed by atoms with Crippen LogP contribution in [0.4, 0.5) is 15.8 Å². The predicted molar refractivity (Wildman–Crippen MR) is 99.9 cm³/mol. The number of halogens is 1. The molecular formula is C20H23FN2O3. The van der Waals surface area contributed by atoms with Crippen LogP contribution in [0.2, 0.25) is 0 Å². The Kier molecular flexibility index (Phi) is 7.14. The Morgan fingerprint density at radius 2 is 1.88 bits per heavy atom. The average Bonchev–Trinajstić information content (AvgIpc) is 2.64. The van der Waals surface area contributed by atoms with Crippen molar-refractivity contribution < 1.29 is 18.7 Å². The molecule has 2 rings (SSSR count). The van der Waals surface area contributed by atoms with Gasteiger partial charge in [-0.15, -0.1) is 0 Å². The summed E-state index contributed by atoms with van der Waals surface area (Å²) in [7, 11) is 0. The molecule has 0 spiro atoms. The summed E-state index contributed by atoms with van der Waals surface area (Å²) in [4.78, 5) is 25.9. The summed E-state index contributed by atoms with van der Waals surface area (Å²) in [6.07, 6.45) is 0.200. The number of carbonyl (C=O) groups is 2. The lowest BCUT2D eigenvalue weighted by atomic mass is 10.2. The Balaban J connectivity index is 1.99. The van der Waals surface area contributed by atoms with Crippen LogP contribution in [0, 0.1) is 5.82 Å². The molecule has 6 heteroatoms. The molecule has 0 saturated heterocycles. The van der Waals surface area contributed by atoms with Gasteiger partial charge in [-0.3, -0.25) is 4.79 Å². The fraction of sp³-hybridized carbons (Fsp3) is 0.300. The molecule has 1 amide bonds. The highest BCUT2D eigenvalue weighted by Crippen LogP contribution is 2.18. The number of anilines is 2. The Morgan fingerprint density at radius 3 is 2.58 bits per heavy atom. The number of carbonyl (C=O) groups excluding carboxylic acids is 2. The van der Waals surface area contributed by atoms with E-state index in [9.17, 15) is 14.0 Å². The van der Waals surface area contributed by atoms with Crippen LogP contribution in [0.5, 0.6) is 0 Å². The van der Waals surface area contributed by atoms with Gasteiger partial charge in [0.1, 0.15) is 5.82 Å². The summed E-state index contributed by atoms with van der Waals surface area (Å²) in [6, 6.07) is 13.2. The number of amides is 1. The Morgan fingerprint density at radius 1 is 1.12 bits per heavy atom. The van der Waals surface area contributed by atoms with Crippen LogP contribution >= 0.6 is 0 Å². The molecule has 0 aromatic heterocycles. The van der Waals surface area contributed by atoms with Crippen LogP contribution in [-0.4, -0.2) is 31.6 Å². The molecule has 26 heavy (non-hydrogen) atoms. The van der Waals surface area contributed by atoms with Crippen LogP contribution in [0.15, 0.2) is 48.5 Å². The van der Waals surface area contributed by atoms with E-state index in [1.807, 2.05) is 17.9 Å². The minimum absolute atomic E-state index is 0.171. The van der Waals surface area contributed by atoms with Gasteiger partial charge in [0.15, 0.2) is 0 Å². The third kappa shape index (κ3) is 5.31. The molecule has 5 nitrogen and oxygen atoms in total. The smallest absolute Gasteiger partial charge is 0.338 e. The number of hydrogen-bond donors (Lipinski definition) is 1. The standard InChI is InChI=1S/C20H23FN2O3/c1-3-23(16-9-7-8-15(14-16)20(25)26-4-2)13-12-19(24)22-18-11-6-5-10-17(18)21/h5-11,14H,3-4,12-13H2,1-2H3,(H,22,24). The molecule has 0 saturated carbocycles. The maximum Gasteiger partial charge on any atom is 0.338 e. The Hall–Kier alpha value is -2.89. The fourth-order valence-electron chi connectivity index (χ4n) is 2.53. The Bertz CT molecular complexity index is 764. The van der Waals surface area contributed by atoms with Gasteiger partial charge < -0.3 is 15.0 Å². The van der Waals surface area contributed by atoms with Crippen LogP contribution in [0.25, 0.3) is 0 Å². The molecule has 0 aliphatic carbocycles. The van der Waals surface area contributed by atoms with Crippen molar-refractivity contribution in [3.8, 4) is 0 Å². The number of benzene rings is 2. The zero-order valence-electron chi connectivity index (χ0n) is 15.0. The highest BCUT2D eigenvalue weighted by atomic mass is 19.1. The second-order valence-corrected chi connectivity index (χ2v) is 5.63. The summed E-state index contributed by atoms with van der Waals surface area (Å²) in [5.41, 5.74) is 1.47. The van der Waals surface area contributed by atoms with Gasteiger partial charge in [0.2, 0.25) is 5.91 Å².